The van der Waals surface area contributed by atoms with Crippen molar-refractivity contribution in [1.82, 2.24) is 35.1 Å². The fourth-order valence-corrected chi connectivity index (χ4v) is 1.47. The van der Waals surface area contributed by atoms with E-state index in [1.807, 2.05) is 17.9 Å². The van der Waals surface area contributed by atoms with E-state index in [4.69, 9.17) is 0 Å². The summed E-state index contributed by atoms with van der Waals surface area (Å²) >= 11 is 0. The van der Waals surface area contributed by atoms with Crippen LogP contribution in [-0.2, 0) is 25.7 Å². The molecule has 0 fully saturated rings. The quantitative estimate of drug-likeness (QED) is 0.851. The number of hydrogen-bond acceptors (Lipinski definition) is 5. The minimum absolute atomic E-state index is 0.0339. The van der Waals surface area contributed by atoms with E-state index in [1.165, 1.54) is 0 Å². The lowest BCUT2D eigenvalue weighted by molar-refractivity contribution is 0.347. The third-order valence-corrected chi connectivity index (χ3v) is 2.46. The third kappa shape index (κ3) is 3.13. The summed E-state index contributed by atoms with van der Waals surface area (Å²) in [7, 11) is 1.85. The van der Waals surface area contributed by atoms with Crippen molar-refractivity contribution < 1.29 is 0 Å². The summed E-state index contributed by atoms with van der Waals surface area (Å²) in [6.07, 6.45) is 3.64. The van der Waals surface area contributed by atoms with Crippen LogP contribution in [0.3, 0.4) is 0 Å². The summed E-state index contributed by atoms with van der Waals surface area (Å²) in [5, 5.41) is 15.7. The van der Waals surface area contributed by atoms with E-state index >= 15 is 0 Å². The third-order valence-electron chi connectivity index (χ3n) is 2.46. The summed E-state index contributed by atoms with van der Waals surface area (Å²) in [5.74, 6) is 0.778. The normalized spacial score (nSPS) is 12.0. The number of rotatable bonds is 4. The van der Waals surface area contributed by atoms with Gasteiger partial charge in [0, 0.05) is 13.6 Å². The first-order valence-electron chi connectivity index (χ1n) is 5.92. The van der Waals surface area contributed by atoms with Crippen LogP contribution in [0.2, 0.25) is 0 Å². The van der Waals surface area contributed by atoms with Crippen molar-refractivity contribution in [2.45, 2.75) is 39.4 Å². The summed E-state index contributed by atoms with van der Waals surface area (Å²) in [6, 6.07) is 0. The zero-order valence-electron chi connectivity index (χ0n) is 11.3. The molecule has 0 aliphatic carbocycles. The lowest BCUT2D eigenvalue weighted by Gasteiger charge is -2.17. The Kier molecular flexibility index (Phi) is 3.42. The molecule has 0 aliphatic heterocycles. The maximum Gasteiger partial charge on any atom is 0.164 e. The molecule has 0 spiro atoms. The topological polar surface area (TPSA) is 73.5 Å². The van der Waals surface area contributed by atoms with Crippen molar-refractivity contribution in [3.8, 4) is 0 Å². The van der Waals surface area contributed by atoms with Crippen LogP contribution in [0.5, 0.6) is 0 Å². The molecule has 2 aromatic heterocycles. The number of nitrogens with zero attached hydrogens (tertiary/aromatic N) is 6. The molecule has 0 unspecified atom stereocenters. The first kappa shape index (κ1) is 12.7. The van der Waals surface area contributed by atoms with Gasteiger partial charge >= 0.3 is 0 Å². The maximum absolute atomic E-state index is 4.19. The molecule has 98 valence electrons. The first-order chi connectivity index (χ1) is 8.45. The summed E-state index contributed by atoms with van der Waals surface area (Å²) in [6.45, 7) is 7.57. The predicted molar refractivity (Wildman–Crippen MR) is 66.6 cm³/mol. The zero-order valence-corrected chi connectivity index (χ0v) is 11.3. The van der Waals surface area contributed by atoms with Crippen molar-refractivity contribution in [1.29, 1.82) is 0 Å². The second-order valence-electron chi connectivity index (χ2n) is 5.26. The highest BCUT2D eigenvalue weighted by molar-refractivity contribution is 4.94. The van der Waals surface area contributed by atoms with Crippen LogP contribution in [0.4, 0.5) is 0 Å². The van der Waals surface area contributed by atoms with Gasteiger partial charge in [0.1, 0.15) is 6.33 Å². The van der Waals surface area contributed by atoms with Gasteiger partial charge in [0.05, 0.1) is 24.0 Å². The van der Waals surface area contributed by atoms with Crippen LogP contribution >= 0.6 is 0 Å². The number of nitrogens with one attached hydrogen (secondary N) is 1. The van der Waals surface area contributed by atoms with Gasteiger partial charge in [0.2, 0.25) is 0 Å². The Hall–Kier alpha value is -1.76. The molecule has 0 aromatic carbocycles. The molecule has 0 amide bonds. The Labute approximate surface area is 106 Å². The van der Waals surface area contributed by atoms with E-state index < -0.39 is 0 Å². The molecule has 7 heteroatoms. The molecule has 2 aromatic rings. The Morgan fingerprint density at radius 3 is 2.61 bits per heavy atom. The summed E-state index contributed by atoms with van der Waals surface area (Å²) < 4.78 is 3.55. The minimum atomic E-state index is -0.0339. The van der Waals surface area contributed by atoms with E-state index in [1.54, 1.807) is 11.0 Å². The Bertz CT molecular complexity index is 505. The van der Waals surface area contributed by atoms with Crippen LogP contribution in [-0.4, -0.2) is 29.8 Å². The van der Waals surface area contributed by atoms with E-state index in [9.17, 15) is 0 Å². The van der Waals surface area contributed by atoms with Gasteiger partial charge in [0.25, 0.3) is 0 Å². The monoisotopic (exact) mass is 249 g/mol. The van der Waals surface area contributed by atoms with E-state index in [2.05, 4.69) is 46.5 Å². The highest BCUT2D eigenvalue weighted by Gasteiger charge is 2.14. The smallest absolute Gasteiger partial charge is 0.164 e. The van der Waals surface area contributed by atoms with Gasteiger partial charge in [0.15, 0.2) is 5.82 Å². The molecule has 0 aliphatic rings. The van der Waals surface area contributed by atoms with Gasteiger partial charge in [-0.25, -0.2) is 9.67 Å². The zero-order chi connectivity index (χ0) is 13.2. The molecule has 18 heavy (non-hydrogen) atoms. The van der Waals surface area contributed by atoms with Crippen molar-refractivity contribution >= 4 is 0 Å². The largest absolute Gasteiger partial charge is 0.304 e. The van der Waals surface area contributed by atoms with Crippen molar-refractivity contribution in [3.63, 3.8) is 0 Å². The van der Waals surface area contributed by atoms with E-state index in [0.717, 1.165) is 11.5 Å². The van der Waals surface area contributed by atoms with Gasteiger partial charge in [-0.2, -0.15) is 5.10 Å². The van der Waals surface area contributed by atoms with E-state index in [-0.39, 0.29) is 5.54 Å². The Morgan fingerprint density at radius 2 is 2.06 bits per heavy atom. The molecule has 0 saturated heterocycles. The molecular weight excluding hydrogens is 230 g/mol. The second-order valence-corrected chi connectivity index (χ2v) is 5.26. The lowest BCUT2D eigenvalue weighted by atomic mass is 10.1. The van der Waals surface area contributed by atoms with E-state index in [0.29, 0.717) is 13.1 Å². The van der Waals surface area contributed by atoms with Gasteiger partial charge in [-0.1, -0.05) is 5.21 Å². The van der Waals surface area contributed by atoms with Crippen LogP contribution < -0.4 is 5.32 Å². The first-order valence-corrected chi connectivity index (χ1v) is 5.92. The van der Waals surface area contributed by atoms with Gasteiger partial charge < -0.3 is 5.32 Å². The molecule has 2 heterocycles. The SMILES string of the molecule is Cn1cnc(CNCc2cn(C(C)(C)C)nn2)n1. The average molecular weight is 249 g/mol. The van der Waals surface area contributed by atoms with Crippen LogP contribution in [0.15, 0.2) is 12.5 Å². The fourth-order valence-electron chi connectivity index (χ4n) is 1.47. The van der Waals surface area contributed by atoms with Crippen LogP contribution in [0.1, 0.15) is 32.3 Å². The molecule has 0 saturated carbocycles. The van der Waals surface area contributed by atoms with Crippen LogP contribution in [0.25, 0.3) is 0 Å². The predicted octanol–water partition coefficient (Wildman–Crippen LogP) is 0.451. The highest BCUT2D eigenvalue weighted by Crippen LogP contribution is 2.11. The molecule has 1 N–H and O–H groups in total. The van der Waals surface area contributed by atoms with Crippen molar-refractivity contribution in [2.24, 2.45) is 7.05 Å². The molecule has 2 rings (SSSR count). The highest BCUT2D eigenvalue weighted by atomic mass is 15.4. The van der Waals surface area contributed by atoms with Crippen molar-refractivity contribution in [3.05, 3.63) is 24.0 Å². The molecular formula is C11H19N7. The lowest BCUT2D eigenvalue weighted by Crippen LogP contribution is -2.22. The van der Waals surface area contributed by atoms with Crippen LogP contribution in [0, 0.1) is 0 Å². The Morgan fingerprint density at radius 1 is 1.28 bits per heavy atom. The van der Waals surface area contributed by atoms with Crippen molar-refractivity contribution in [2.75, 3.05) is 0 Å². The van der Waals surface area contributed by atoms with Gasteiger partial charge in [-0.15, -0.1) is 5.10 Å². The number of aromatic nitrogens is 6. The fraction of sp³-hybridized carbons (Fsp3) is 0.636. The Balaban J connectivity index is 1.85. The summed E-state index contributed by atoms with van der Waals surface area (Å²) in [4.78, 5) is 4.14. The molecule has 0 bridgehead atoms. The summed E-state index contributed by atoms with van der Waals surface area (Å²) in [5.41, 5.74) is 0.884. The average Bonchev–Trinajstić information content (AvgIpc) is 2.87. The standard InChI is InChI=1S/C11H19N7/c1-11(2,3)18-7-9(14-16-18)5-12-6-10-13-8-17(4)15-10/h7-8,12H,5-6H2,1-4H3. The molecule has 7 nitrogen and oxygen atoms in total. The van der Waals surface area contributed by atoms with Gasteiger partial charge in [-0.05, 0) is 20.8 Å². The second kappa shape index (κ2) is 4.85. The maximum atomic E-state index is 4.19. The minimum Gasteiger partial charge on any atom is -0.304 e. The van der Waals surface area contributed by atoms with Gasteiger partial charge in [-0.3, -0.25) is 4.68 Å². The number of aryl methyl sites for hydroxylation is 1. The molecule has 0 radical (unpaired) electrons. The number of hydrogen-bond donors (Lipinski definition) is 1. The molecule has 0 atom stereocenters.